The van der Waals surface area contributed by atoms with Crippen LogP contribution in [0.5, 0.6) is 0 Å². The third kappa shape index (κ3) is 5.69. The molecular weight excluding hydrogens is 278 g/mol. The average Bonchev–Trinajstić information content (AvgIpc) is 2.59. The first kappa shape index (κ1) is 18.1. The van der Waals surface area contributed by atoms with Gasteiger partial charge in [0.05, 0.1) is 11.6 Å². The maximum absolute atomic E-state index is 8.92. The van der Waals surface area contributed by atoms with Crippen LogP contribution in [0.3, 0.4) is 0 Å². The first-order valence-corrected chi connectivity index (χ1v) is 9.74. The Morgan fingerprint density at radius 3 is 2.35 bits per heavy atom. The zero-order chi connectivity index (χ0) is 16.5. The minimum absolute atomic E-state index is 0.707. The summed E-state index contributed by atoms with van der Waals surface area (Å²) in [6.45, 7) is 4.74. The monoisotopic (exact) mass is 311 g/mol. The van der Waals surface area contributed by atoms with Crippen LogP contribution >= 0.6 is 0 Å². The van der Waals surface area contributed by atoms with Gasteiger partial charge in [0.15, 0.2) is 0 Å². The molecule has 1 fully saturated rings. The molecule has 0 radical (unpaired) electrons. The van der Waals surface area contributed by atoms with Gasteiger partial charge in [-0.1, -0.05) is 70.9 Å². The van der Waals surface area contributed by atoms with E-state index in [9.17, 15) is 0 Å². The van der Waals surface area contributed by atoms with E-state index in [1.54, 1.807) is 0 Å². The largest absolute Gasteiger partial charge is 0.192 e. The molecule has 0 spiro atoms. The number of nitriles is 1. The second-order valence-corrected chi connectivity index (χ2v) is 7.54. The average molecular weight is 312 g/mol. The predicted molar refractivity (Wildman–Crippen MR) is 98.4 cm³/mol. The molecule has 1 aliphatic carbocycles. The van der Waals surface area contributed by atoms with Crippen LogP contribution in [0.2, 0.25) is 0 Å². The van der Waals surface area contributed by atoms with Crippen LogP contribution in [0.15, 0.2) is 24.3 Å². The van der Waals surface area contributed by atoms with Crippen molar-refractivity contribution in [1.29, 1.82) is 5.26 Å². The van der Waals surface area contributed by atoms with Crippen molar-refractivity contribution in [2.24, 2.45) is 11.8 Å². The van der Waals surface area contributed by atoms with Gasteiger partial charge in [-0.15, -0.1) is 0 Å². The second-order valence-electron chi connectivity index (χ2n) is 7.54. The summed E-state index contributed by atoms with van der Waals surface area (Å²) < 4.78 is 0. The van der Waals surface area contributed by atoms with Crippen molar-refractivity contribution in [3.63, 3.8) is 0 Å². The Kier molecular flexibility index (Phi) is 7.66. The van der Waals surface area contributed by atoms with Crippen LogP contribution < -0.4 is 0 Å². The minimum Gasteiger partial charge on any atom is -0.192 e. The van der Waals surface area contributed by atoms with E-state index in [1.807, 2.05) is 12.1 Å². The molecule has 0 N–H and O–H groups in total. The van der Waals surface area contributed by atoms with E-state index in [0.29, 0.717) is 5.92 Å². The standard InChI is InChI=1S/C22H33N/c1-3-4-5-6-7-8-9-20-14-15-22(16-18(20)2)21-12-10-19(17-23)11-13-21/h10-13,18,20,22H,3-9,14-16H2,1-2H3. The van der Waals surface area contributed by atoms with Crippen LogP contribution in [-0.2, 0) is 0 Å². The number of rotatable bonds is 8. The molecule has 1 heteroatoms. The van der Waals surface area contributed by atoms with Crippen molar-refractivity contribution in [1.82, 2.24) is 0 Å². The van der Waals surface area contributed by atoms with E-state index in [1.165, 1.54) is 69.8 Å². The summed E-state index contributed by atoms with van der Waals surface area (Å²) in [5, 5.41) is 8.92. The second kappa shape index (κ2) is 9.76. The molecule has 2 rings (SSSR count). The predicted octanol–water partition coefficient (Wildman–Crippen LogP) is 6.83. The van der Waals surface area contributed by atoms with Gasteiger partial charge in [0.2, 0.25) is 0 Å². The Bertz CT molecular complexity index is 482. The van der Waals surface area contributed by atoms with E-state index < -0.39 is 0 Å². The van der Waals surface area contributed by atoms with Crippen molar-refractivity contribution >= 4 is 0 Å². The van der Waals surface area contributed by atoms with Crippen molar-refractivity contribution < 1.29 is 0 Å². The fourth-order valence-electron chi connectivity index (χ4n) is 4.21. The molecule has 1 nitrogen and oxygen atoms in total. The lowest BCUT2D eigenvalue weighted by atomic mass is 9.71. The van der Waals surface area contributed by atoms with Crippen LogP contribution in [-0.4, -0.2) is 0 Å². The molecule has 3 unspecified atom stereocenters. The molecule has 3 atom stereocenters. The molecule has 1 saturated carbocycles. The number of hydrogen-bond acceptors (Lipinski definition) is 1. The quantitative estimate of drug-likeness (QED) is 0.483. The Morgan fingerprint density at radius 1 is 1.00 bits per heavy atom. The third-order valence-corrected chi connectivity index (χ3v) is 5.79. The van der Waals surface area contributed by atoms with Gasteiger partial charge < -0.3 is 0 Å². The van der Waals surface area contributed by atoms with Gasteiger partial charge in [0, 0.05) is 0 Å². The van der Waals surface area contributed by atoms with Crippen LogP contribution in [0.1, 0.15) is 95.1 Å². The van der Waals surface area contributed by atoms with E-state index in [4.69, 9.17) is 5.26 Å². The topological polar surface area (TPSA) is 23.8 Å². The molecule has 126 valence electrons. The maximum Gasteiger partial charge on any atom is 0.0991 e. The number of hydrogen-bond donors (Lipinski definition) is 0. The molecule has 0 heterocycles. The van der Waals surface area contributed by atoms with E-state index >= 15 is 0 Å². The molecule has 1 aromatic rings. The lowest BCUT2D eigenvalue weighted by Crippen LogP contribution is -2.22. The number of benzene rings is 1. The zero-order valence-corrected chi connectivity index (χ0v) is 15.1. The third-order valence-electron chi connectivity index (χ3n) is 5.79. The zero-order valence-electron chi connectivity index (χ0n) is 15.1. The normalized spacial score (nSPS) is 24.3. The number of unbranched alkanes of at least 4 members (excludes halogenated alkanes) is 5. The van der Waals surface area contributed by atoms with Crippen LogP contribution in [0, 0.1) is 23.2 Å². The first-order valence-electron chi connectivity index (χ1n) is 9.74. The van der Waals surface area contributed by atoms with Crippen molar-refractivity contribution in [3.8, 4) is 6.07 Å². The van der Waals surface area contributed by atoms with Gasteiger partial charge in [-0.2, -0.15) is 5.26 Å². The molecule has 0 aliphatic heterocycles. The maximum atomic E-state index is 8.92. The summed E-state index contributed by atoms with van der Waals surface area (Å²) in [5.41, 5.74) is 2.22. The van der Waals surface area contributed by atoms with E-state index in [-0.39, 0.29) is 0 Å². The van der Waals surface area contributed by atoms with Crippen LogP contribution in [0.4, 0.5) is 0 Å². The fraction of sp³-hybridized carbons (Fsp3) is 0.682. The summed E-state index contributed by atoms with van der Waals surface area (Å²) in [6.07, 6.45) is 14.0. The SMILES string of the molecule is CCCCCCCCC1CCC(c2ccc(C#N)cc2)CC1C. The highest BCUT2D eigenvalue weighted by atomic mass is 14.3. The Hall–Kier alpha value is -1.29. The summed E-state index contributed by atoms with van der Waals surface area (Å²) in [7, 11) is 0. The molecule has 1 aromatic carbocycles. The highest BCUT2D eigenvalue weighted by Gasteiger charge is 2.27. The molecule has 0 aromatic heterocycles. The van der Waals surface area contributed by atoms with Gasteiger partial charge >= 0.3 is 0 Å². The molecule has 23 heavy (non-hydrogen) atoms. The van der Waals surface area contributed by atoms with Crippen molar-refractivity contribution in [3.05, 3.63) is 35.4 Å². The molecule has 0 bridgehead atoms. The lowest BCUT2D eigenvalue weighted by molar-refractivity contribution is 0.215. The van der Waals surface area contributed by atoms with Crippen molar-refractivity contribution in [2.45, 2.75) is 84.0 Å². The van der Waals surface area contributed by atoms with Gasteiger partial charge in [-0.25, -0.2) is 0 Å². The molecule has 0 amide bonds. The fourth-order valence-corrected chi connectivity index (χ4v) is 4.21. The smallest absolute Gasteiger partial charge is 0.0991 e. The summed E-state index contributed by atoms with van der Waals surface area (Å²) in [6, 6.07) is 10.5. The number of nitrogens with zero attached hydrogens (tertiary/aromatic N) is 1. The Balaban J connectivity index is 1.72. The first-order chi connectivity index (χ1) is 11.2. The van der Waals surface area contributed by atoms with Crippen molar-refractivity contribution in [2.75, 3.05) is 0 Å². The Morgan fingerprint density at radius 2 is 1.70 bits per heavy atom. The molecular formula is C22H33N. The lowest BCUT2D eigenvalue weighted by Gasteiger charge is -2.34. The Labute approximate surface area is 143 Å². The highest BCUT2D eigenvalue weighted by Crippen LogP contribution is 2.41. The molecule has 0 saturated heterocycles. The van der Waals surface area contributed by atoms with Gasteiger partial charge in [0.25, 0.3) is 0 Å². The summed E-state index contributed by atoms with van der Waals surface area (Å²) >= 11 is 0. The van der Waals surface area contributed by atoms with Gasteiger partial charge in [-0.3, -0.25) is 0 Å². The van der Waals surface area contributed by atoms with Crippen LogP contribution in [0.25, 0.3) is 0 Å². The van der Waals surface area contributed by atoms with E-state index in [0.717, 1.165) is 17.4 Å². The summed E-state index contributed by atoms with van der Waals surface area (Å²) in [5.74, 6) is 2.49. The highest BCUT2D eigenvalue weighted by molar-refractivity contribution is 5.33. The van der Waals surface area contributed by atoms with Gasteiger partial charge in [-0.05, 0) is 54.7 Å². The van der Waals surface area contributed by atoms with Gasteiger partial charge in [0.1, 0.15) is 0 Å². The molecule has 1 aliphatic rings. The summed E-state index contributed by atoms with van der Waals surface area (Å²) in [4.78, 5) is 0. The van der Waals surface area contributed by atoms with E-state index in [2.05, 4.69) is 32.0 Å². The minimum atomic E-state index is 0.707.